The zero-order chi connectivity index (χ0) is 11.2. The quantitative estimate of drug-likeness (QED) is 0.835. The summed E-state index contributed by atoms with van der Waals surface area (Å²) < 4.78 is 5.22. The Bertz CT molecular complexity index is 340. The molecule has 0 aliphatic rings. The third-order valence-corrected chi connectivity index (χ3v) is 3.38. The SMILES string of the molecule is OC(CCc1ccsc1)CCc1ccco1. The van der Waals surface area contributed by atoms with Crippen LogP contribution in [0.4, 0.5) is 0 Å². The molecule has 2 aromatic rings. The topological polar surface area (TPSA) is 33.4 Å². The molecule has 86 valence electrons. The zero-order valence-electron chi connectivity index (χ0n) is 9.13. The molecular weight excluding hydrogens is 220 g/mol. The normalized spacial score (nSPS) is 12.8. The maximum absolute atomic E-state index is 9.81. The molecule has 0 saturated carbocycles. The fourth-order valence-corrected chi connectivity index (χ4v) is 2.38. The maximum Gasteiger partial charge on any atom is 0.103 e. The van der Waals surface area contributed by atoms with E-state index in [2.05, 4.69) is 16.8 Å². The van der Waals surface area contributed by atoms with Gasteiger partial charge in [0.25, 0.3) is 0 Å². The Balaban J connectivity index is 1.66. The second-order valence-corrected chi connectivity index (χ2v) is 4.72. The average Bonchev–Trinajstić information content (AvgIpc) is 2.96. The highest BCUT2D eigenvalue weighted by molar-refractivity contribution is 7.07. The minimum Gasteiger partial charge on any atom is -0.469 e. The van der Waals surface area contributed by atoms with Crippen LogP contribution < -0.4 is 0 Å². The fraction of sp³-hybridized carbons (Fsp3) is 0.385. The molecule has 0 aromatic carbocycles. The van der Waals surface area contributed by atoms with Crippen molar-refractivity contribution in [2.45, 2.75) is 31.8 Å². The predicted molar refractivity (Wildman–Crippen MR) is 65.7 cm³/mol. The third-order valence-electron chi connectivity index (χ3n) is 2.65. The molecule has 0 aliphatic heterocycles. The Labute approximate surface area is 99.5 Å². The molecule has 1 N–H and O–H groups in total. The van der Waals surface area contributed by atoms with Crippen LogP contribution in [0.1, 0.15) is 24.2 Å². The van der Waals surface area contributed by atoms with Gasteiger partial charge in [0.2, 0.25) is 0 Å². The summed E-state index contributed by atoms with van der Waals surface area (Å²) in [5, 5.41) is 14.0. The summed E-state index contributed by atoms with van der Waals surface area (Å²) in [4.78, 5) is 0. The summed E-state index contributed by atoms with van der Waals surface area (Å²) in [5.74, 6) is 0.953. The first-order chi connectivity index (χ1) is 7.84. The van der Waals surface area contributed by atoms with E-state index in [0.29, 0.717) is 0 Å². The van der Waals surface area contributed by atoms with Crippen molar-refractivity contribution in [1.82, 2.24) is 0 Å². The van der Waals surface area contributed by atoms with Gasteiger partial charge >= 0.3 is 0 Å². The molecule has 0 saturated heterocycles. The van der Waals surface area contributed by atoms with Crippen molar-refractivity contribution >= 4 is 11.3 Å². The van der Waals surface area contributed by atoms with Crippen molar-refractivity contribution in [3.63, 3.8) is 0 Å². The number of aliphatic hydroxyl groups excluding tert-OH is 1. The minimum absolute atomic E-state index is 0.231. The van der Waals surface area contributed by atoms with Gasteiger partial charge in [0.1, 0.15) is 5.76 Å². The van der Waals surface area contributed by atoms with Gasteiger partial charge in [0.15, 0.2) is 0 Å². The number of rotatable bonds is 6. The van der Waals surface area contributed by atoms with E-state index in [9.17, 15) is 5.11 Å². The van der Waals surface area contributed by atoms with Crippen molar-refractivity contribution in [2.24, 2.45) is 0 Å². The van der Waals surface area contributed by atoms with E-state index in [1.807, 2.05) is 12.1 Å². The Morgan fingerprint density at radius 1 is 1.25 bits per heavy atom. The van der Waals surface area contributed by atoms with Crippen molar-refractivity contribution in [3.8, 4) is 0 Å². The molecule has 16 heavy (non-hydrogen) atoms. The van der Waals surface area contributed by atoms with Crippen LogP contribution in [0, 0.1) is 0 Å². The summed E-state index contributed by atoms with van der Waals surface area (Å²) in [5.41, 5.74) is 1.32. The lowest BCUT2D eigenvalue weighted by Gasteiger charge is -2.08. The number of hydrogen-bond acceptors (Lipinski definition) is 3. The molecule has 2 rings (SSSR count). The van der Waals surface area contributed by atoms with Crippen LogP contribution >= 0.6 is 11.3 Å². The molecule has 2 aromatic heterocycles. The number of aryl methyl sites for hydroxylation is 2. The fourth-order valence-electron chi connectivity index (χ4n) is 1.68. The van der Waals surface area contributed by atoms with Gasteiger partial charge < -0.3 is 9.52 Å². The average molecular weight is 236 g/mol. The van der Waals surface area contributed by atoms with Crippen LogP contribution in [-0.4, -0.2) is 11.2 Å². The van der Waals surface area contributed by atoms with E-state index < -0.39 is 0 Å². The number of aliphatic hydroxyl groups is 1. The van der Waals surface area contributed by atoms with Gasteiger partial charge in [-0.2, -0.15) is 11.3 Å². The Kier molecular flexibility index (Phi) is 4.19. The van der Waals surface area contributed by atoms with Crippen LogP contribution in [0.25, 0.3) is 0 Å². The Hall–Kier alpha value is -1.06. The molecule has 0 spiro atoms. The van der Waals surface area contributed by atoms with Gasteiger partial charge in [-0.1, -0.05) is 0 Å². The second kappa shape index (κ2) is 5.87. The minimum atomic E-state index is -0.231. The van der Waals surface area contributed by atoms with Crippen LogP contribution in [-0.2, 0) is 12.8 Å². The molecule has 1 atom stereocenters. The monoisotopic (exact) mass is 236 g/mol. The van der Waals surface area contributed by atoms with Gasteiger partial charge in [0.05, 0.1) is 12.4 Å². The molecule has 0 radical (unpaired) electrons. The van der Waals surface area contributed by atoms with E-state index >= 15 is 0 Å². The van der Waals surface area contributed by atoms with Gasteiger partial charge in [-0.25, -0.2) is 0 Å². The van der Waals surface area contributed by atoms with E-state index in [4.69, 9.17) is 4.42 Å². The second-order valence-electron chi connectivity index (χ2n) is 3.94. The predicted octanol–water partition coefficient (Wildman–Crippen LogP) is 3.27. The first-order valence-corrected chi connectivity index (χ1v) is 6.50. The molecule has 2 heterocycles. The summed E-state index contributed by atoms with van der Waals surface area (Å²) in [6.45, 7) is 0. The number of thiophene rings is 1. The van der Waals surface area contributed by atoms with Crippen molar-refractivity contribution in [1.29, 1.82) is 0 Å². The van der Waals surface area contributed by atoms with E-state index in [1.54, 1.807) is 17.6 Å². The van der Waals surface area contributed by atoms with Crippen molar-refractivity contribution < 1.29 is 9.52 Å². The molecule has 0 bridgehead atoms. The molecule has 0 aliphatic carbocycles. The standard InChI is InChI=1S/C13H16O2S/c14-12(4-3-11-7-9-16-10-11)5-6-13-2-1-8-15-13/h1-2,7-10,12,14H,3-6H2. The van der Waals surface area contributed by atoms with Gasteiger partial charge in [-0.15, -0.1) is 0 Å². The molecular formula is C13H16O2S. The van der Waals surface area contributed by atoms with E-state index in [1.165, 1.54) is 5.56 Å². The lowest BCUT2D eigenvalue weighted by Crippen LogP contribution is -2.08. The summed E-state index contributed by atoms with van der Waals surface area (Å²) in [6.07, 6.45) is 4.83. The zero-order valence-corrected chi connectivity index (χ0v) is 9.95. The largest absolute Gasteiger partial charge is 0.469 e. The first kappa shape index (κ1) is 11.4. The lowest BCUT2D eigenvalue weighted by atomic mass is 10.1. The smallest absolute Gasteiger partial charge is 0.103 e. The van der Waals surface area contributed by atoms with Crippen LogP contribution in [0.2, 0.25) is 0 Å². The van der Waals surface area contributed by atoms with Crippen LogP contribution in [0.5, 0.6) is 0 Å². The summed E-state index contributed by atoms with van der Waals surface area (Å²) in [7, 11) is 0. The molecule has 3 heteroatoms. The van der Waals surface area contributed by atoms with E-state index in [0.717, 1.165) is 31.4 Å². The number of furan rings is 1. The van der Waals surface area contributed by atoms with Crippen LogP contribution in [0.15, 0.2) is 39.6 Å². The maximum atomic E-state index is 9.81. The lowest BCUT2D eigenvalue weighted by molar-refractivity contribution is 0.153. The molecule has 0 amide bonds. The van der Waals surface area contributed by atoms with Crippen LogP contribution in [0.3, 0.4) is 0 Å². The van der Waals surface area contributed by atoms with Gasteiger partial charge in [-0.3, -0.25) is 0 Å². The highest BCUT2D eigenvalue weighted by atomic mass is 32.1. The van der Waals surface area contributed by atoms with Crippen molar-refractivity contribution in [3.05, 3.63) is 46.5 Å². The Morgan fingerprint density at radius 3 is 2.81 bits per heavy atom. The third kappa shape index (κ3) is 3.51. The molecule has 2 nitrogen and oxygen atoms in total. The van der Waals surface area contributed by atoms with E-state index in [-0.39, 0.29) is 6.10 Å². The van der Waals surface area contributed by atoms with Gasteiger partial charge in [0, 0.05) is 6.42 Å². The first-order valence-electron chi connectivity index (χ1n) is 5.56. The van der Waals surface area contributed by atoms with Crippen molar-refractivity contribution in [2.75, 3.05) is 0 Å². The summed E-state index contributed by atoms with van der Waals surface area (Å²) in [6, 6.07) is 5.95. The highest BCUT2D eigenvalue weighted by Gasteiger charge is 2.06. The number of hydrogen-bond donors (Lipinski definition) is 1. The van der Waals surface area contributed by atoms with Gasteiger partial charge in [-0.05, 0) is 53.8 Å². The highest BCUT2D eigenvalue weighted by Crippen LogP contribution is 2.13. The summed E-state index contributed by atoms with van der Waals surface area (Å²) >= 11 is 1.71. The molecule has 1 unspecified atom stereocenters. The Morgan fingerprint density at radius 2 is 2.12 bits per heavy atom. The molecule has 0 fully saturated rings.